The van der Waals surface area contributed by atoms with E-state index < -0.39 is 5.97 Å². The van der Waals surface area contributed by atoms with Gasteiger partial charge in [0.25, 0.3) is 0 Å². The van der Waals surface area contributed by atoms with E-state index >= 15 is 0 Å². The van der Waals surface area contributed by atoms with Gasteiger partial charge in [0.15, 0.2) is 0 Å². The predicted molar refractivity (Wildman–Crippen MR) is 119 cm³/mol. The van der Waals surface area contributed by atoms with Gasteiger partial charge in [-0.05, 0) is 67.6 Å². The van der Waals surface area contributed by atoms with E-state index in [2.05, 4.69) is 28.5 Å². The normalized spacial score (nSPS) is 17.1. The van der Waals surface area contributed by atoms with Crippen molar-refractivity contribution >= 4 is 22.6 Å². The Labute approximate surface area is 181 Å². The van der Waals surface area contributed by atoms with Crippen molar-refractivity contribution in [3.05, 3.63) is 70.4 Å². The predicted octanol–water partition coefficient (Wildman–Crippen LogP) is 5.18. The molecule has 1 aliphatic heterocycles. The lowest BCUT2D eigenvalue weighted by atomic mass is 9.89. The smallest absolute Gasteiger partial charge is 0.337 e. The van der Waals surface area contributed by atoms with Crippen LogP contribution in [0.5, 0.6) is 0 Å². The molecule has 1 aliphatic rings. The minimum absolute atomic E-state index is 0.158. The monoisotopic (exact) mass is 415 g/mol. The van der Waals surface area contributed by atoms with Gasteiger partial charge in [0.05, 0.1) is 17.7 Å². The first-order valence-electron chi connectivity index (χ1n) is 10.5. The third-order valence-corrected chi connectivity index (χ3v) is 5.84. The average molecular weight is 415 g/mol. The zero-order chi connectivity index (χ0) is 22.0. The number of aromatic carboxylic acids is 1. The van der Waals surface area contributed by atoms with E-state index in [9.17, 15) is 15.2 Å². The van der Waals surface area contributed by atoms with Gasteiger partial charge in [0.1, 0.15) is 11.8 Å². The van der Waals surface area contributed by atoms with E-state index in [1.54, 1.807) is 18.2 Å². The molecular formula is C25H25N3O3. The summed E-state index contributed by atoms with van der Waals surface area (Å²) in [5.41, 5.74) is 5.01. The van der Waals surface area contributed by atoms with Crippen LogP contribution >= 0.6 is 0 Å². The lowest BCUT2D eigenvalue weighted by Crippen LogP contribution is -2.17. The molecule has 2 heterocycles. The highest BCUT2D eigenvalue weighted by molar-refractivity contribution is 5.94. The molecule has 158 valence electrons. The van der Waals surface area contributed by atoms with Crippen LogP contribution in [0.25, 0.3) is 10.9 Å². The van der Waals surface area contributed by atoms with Crippen LogP contribution in [0.2, 0.25) is 0 Å². The molecule has 1 saturated heterocycles. The molecule has 6 nitrogen and oxygen atoms in total. The Kier molecular flexibility index (Phi) is 5.88. The Bertz CT molecular complexity index is 1180. The van der Waals surface area contributed by atoms with Crippen LogP contribution < -0.4 is 5.32 Å². The fraction of sp³-hybridized carbons (Fsp3) is 0.320. The van der Waals surface area contributed by atoms with Crippen molar-refractivity contribution < 1.29 is 14.6 Å². The first-order valence-corrected chi connectivity index (χ1v) is 10.5. The molecule has 1 fully saturated rings. The van der Waals surface area contributed by atoms with E-state index in [4.69, 9.17) is 4.74 Å². The van der Waals surface area contributed by atoms with Gasteiger partial charge in [0.2, 0.25) is 0 Å². The molecule has 1 aromatic heterocycles. The maximum atomic E-state index is 11.6. The van der Waals surface area contributed by atoms with E-state index in [1.165, 1.54) is 0 Å². The highest BCUT2D eigenvalue weighted by atomic mass is 16.5. The number of para-hydroxylation sites is 1. The molecule has 0 bridgehead atoms. The third kappa shape index (κ3) is 4.23. The SMILES string of the molecule is Cc1cc([C@@H](C)Nc2ccccc2C(=O)O)c2cc([C@H]3CCCOC3)c(C#N)nc2c1. The fourth-order valence-corrected chi connectivity index (χ4v) is 4.32. The van der Waals surface area contributed by atoms with Crippen LogP contribution in [0.1, 0.15) is 64.5 Å². The number of aryl methyl sites for hydroxylation is 1. The number of hydrogen-bond donors (Lipinski definition) is 2. The molecular weight excluding hydrogens is 390 g/mol. The number of ether oxygens (including phenoxy) is 1. The number of benzene rings is 2. The van der Waals surface area contributed by atoms with Gasteiger partial charge in [-0.3, -0.25) is 0 Å². The number of pyridine rings is 1. The number of hydrogen-bond acceptors (Lipinski definition) is 5. The Morgan fingerprint density at radius 3 is 2.84 bits per heavy atom. The van der Waals surface area contributed by atoms with Crippen molar-refractivity contribution in [2.45, 2.75) is 38.6 Å². The van der Waals surface area contributed by atoms with Gasteiger partial charge in [0, 0.05) is 29.6 Å². The quantitative estimate of drug-likeness (QED) is 0.596. The number of carboxylic acids is 1. The summed E-state index contributed by atoms with van der Waals surface area (Å²) >= 11 is 0. The molecule has 2 atom stereocenters. The second kappa shape index (κ2) is 8.75. The molecule has 0 unspecified atom stereocenters. The molecule has 2 N–H and O–H groups in total. The number of nitrogens with one attached hydrogen (secondary N) is 1. The van der Waals surface area contributed by atoms with Crippen LogP contribution in [0.4, 0.5) is 5.69 Å². The first kappa shape index (κ1) is 20.8. The first-order chi connectivity index (χ1) is 15.0. The van der Waals surface area contributed by atoms with Crippen molar-refractivity contribution in [1.29, 1.82) is 5.26 Å². The maximum Gasteiger partial charge on any atom is 0.337 e. The number of fused-ring (bicyclic) bond motifs is 1. The number of nitriles is 1. The molecule has 0 amide bonds. The van der Waals surface area contributed by atoms with Gasteiger partial charge in [-0.2, -0.15) is 5.26 Å². The van der Waals surface area contributed by atoms with Crippen molar-refractivity contribution in [2.75, 3.05) is 18.5 Å². The Hall–Kier alpha value is -3.43. The fourth-order valence-electron chi connectivity index (χ4n) is 4.32. The Morgan fingerprint density at radius 1 is 1.32 bits per heavy atom. The van der Waals surface area contributed by atoms with Crippen molar-refractivity contribution in [1.82, 2.24) is 4.98 Å². The summed E-state index contributed by atoms with van der Waals surface area (Å²) in [5, 5.41) is 23.6. The molecule has 31 heavy (non-hydrogen) atoms. The number of carboxylic acid groups (broad SMARTS) is 1. The van der Waals surface area contributed by atoms with Crippen LogP contribution in [0.15, 0.2) is 42.5 Å². The van der Waals surface area contributed by atoms with Crippen LogP contribution in [-0.4, -0.2) is 29.3 Å². The summed E-state index contributed by atoms with van der Waals surface area (Å²) in [6.45, 7) is 5.36. The maximum absolute atomic E-state index is 11.6. The van der Waals surface area contributed by atoms with Gasteiger partial charge in [-0.1, -0.05) is 18.2 Å². The Morgan fingerprint density at radius 2 is 2.13 bits per heavy atom. The molecule has 0 saturated carbocycles. The van der Waals surface area contributed by atoms with Crippen LogP contribution in [-0.2, 0) is 4.74 Å². The third-order valence-electron chi connectivity index (χ3n) is 5.84. The van der Waals surface area contributed by atoms with E-state index in [-0.39, 0.29) is 17.5 Å². The second-order valence-electron chi connectivity index (χ2n) is 8.09. The second-order valence-corrected chi connectivity index (χ2v) is 8.09. The van der Waals surface area contributed by atoms with E-state index in [1.807, 2.05) is 26.0 Å². The van der Waals surface area contributed by atoms with Gasteiger partial charge in [-0.25, -0.2) is 9.78 Å². The minimum Gasteiger partial charge on any atom is -0.478 e. The summed E-state index contributed by atoms with van der Waals surface area (Å²) < 4.78 is 5.65. The highest BCUT2D eigenvalue weighted by Gasteiger charge is 2.23. The lowest BCUT2D eigenvalue weighted by molar-refractivity contribution is 0.0698. The number of anilines is 1. The van der Waals surface area contributed by atoms with Crippen molar-refractivity contribution in [3.8, 4) is 6.07 Å². The molecule has 6 heteroatoms. The summed E-state index contributed by atoms with van der Waals surface area (Å²) in [5.74, 6) is -0.810. The zero-order valence-electron chi connectivity index (χ0n) is 17.7. The minimum atomic E-state index is -0.968. The molecule has 0 spiro atoms. The molecule has 2 aromatic carbocycles. The zero-order valence-corrected chi connectivity index (χ0v) is 17.7. The van der Waals surface area contributed by atoms with Crippen LogP contribution in [0, 0.1) is 18.3 Å². The van der Waals surface area contributed by atoms with Crippen LogP contribution in [0.3, 0.4) is 0 Å². The molecule has 4 rings (SSSR count). The molecule has 0 aliphatic carbocycles. The number of nitrogens with zero attached hydrogens (tertiary/aromatic N) is 2. The number of carbonyl (C=O) groups is 1. The average Bonchev–Trinajstić information content (AvgIpc) is 2.78. The topological polar surface area (TPSA) is 95.2 Å². The number of rotatable bonds is 5. The van der Waals surface area contributed by atoms with E-state index in [0.29, 0.717) is 18.0 Å². The molecule has 3 aromatic rings. The molecule has 0 radical (unpaired) electrons. The van der Waals surface area contributed by atoms with Gasteiger partial charge in [-0.15, -0.1) is 0 Å². The van der Waals surface area contributed by atoms with Gasteiger partial charge >= 0.3 is 5.97 Å². The Balaban J connectivity index is 1.80. The lowest BCUT2D eigenvalue weighted by Gasteiger charge is -2.24. The standard InChI is InChI=1S/C25H25N3O3/c1-15-10-19(16(2)27-22-8-4-3-7-18(22)25(29)30)21-12-20(17-6-5-9-31-14-17)24(13-26)28-23(21)11-15/h3-4,7-8,10-12,16-17,27H,5-6,9,14H2,1-2H3,(H,29,30)/t16-,17+/m1/s1. The largest absolute Gasteiger partial charge is 0.478 e. The summed E-state index contributed by atoms with van der Waals surface area (Å²) in [7, 11) is 0. The summed E-state index contributed by atoms with van der Waals surface area (Å²) in [4.78, 5) is 16.3. The summed E-state index contributed by atoms with van der Waals surface area (Å²) in [6.07, 6.45) is 1.95. The van der Waals surface area contributed by atoms with Crippen molar-refractivity contribution in [3.63, 3.8) is 0 Å². The number of aromatic nitrogens is 1. The van der Waals surface area contributed by atoms with Crippen molar-refractivity contribution in [2.24, 2.45) is 0 Å². The van der Waals surface area contributed by atoms with Gasteiger partial charge < -0.3 is 15.2 Å². The highest BCUT2D eigenvalue weighted by Crippen LogP contribution is 2.34. The summed E-state index contributed by atoms with van der Waals surface area (Å²) in [6, 6.07) is 15.2. The van der Waals surface area contributed by atoms with E-state index in [0.717, 1.165) is 47.0 Å².